The maximum absolute atomic E-state index is 6.51. The van der Waals surface area contributed by atoms with Gasteiger partial charge in [-0.05, 0) is 109 Å². The Bertz CT molecular complexity index is 3260. The van der Waals surface area contributed by atoms with E-state index in [1.54, 1.807) is 0 Å². The molecule has 9 aromatic carbocycles. The molecular formula is C54H37NO. The van der Waals surface area contributed by atoms with Gasteiger partial charge in [-0.3, -0.25) is 0 Å². The van der Waals surface area contributed by atoms with Gasteiger partial charge >= 0.3 is 0 Å². The number of rotatable bonds is 6. The summed E-state index contributed by atoms with van der Waals surface area (Å²) in [7, 11) is 0. The van der Waals surface area contributed by atoms with Crippen molar-refractivity contribution >= 4 is 72.2 Å². The minimum atomic E-state index is 0.875. The molecule has 0 N–H and O–H groups in total. The van der Waals surface area contributed by atoms with E-state index in [1.807, 2.05) is 6.07 Å². The zero-order valence-corrected chi connectivity index (χ0v) is 30.8. The normalized spacial score (nSPS) is 12.6. The molecule has 0 amide bonds. The molecular weight excluding hydrogens is 679 g/mol. The number of hydrogen-bond acceptors (Lipinski definition) is 2. The van der Waals surface area contributed by atoms with E-state index in [1.165, 1.54) is 65.4 Å². The third kappa shape index (κ3) is 5.26. The smallest absolute Gasteiger partial charge is 0.137 e. The summed E-state index contributed by atoms with van der Waals surface area (Å²) in [4.78, 5) is 2.47. The van der Waals surface area contributed by atoms with Crippen LogP contribution in [0.4, 0.5) is 17.1 Å². The van der Waals surface area contributed by atoms with Crippen LogP contribution in [0, 0.1) is 0 Å². The third-order valence-corrected chi connectivity index (χ3v) is 11.5. The van der Waals surface area contributed by atoms with Gasteiger partial charge in [-0.15, -0.1) is 0 Å². The zero-order valence-electron chi connectivity index (χ0n) is 30.8. The van der Waals surface area contributed by atoms with Gasteiger partial charge in [-0.25, -0.2) is 0 Å². The predicted octanol–water partition coefficient (Wildman–Crippen LogP) is 13.5. The van der Waals surface area contributed by atoms with Gasteiger partial charge in [0, 0.05) is 16.6 Å². The molecule has 1 heterocycles. The van der Waals surface area contributed by atoms with Gasteiger partial charge < -0.3 is 9.32 Å². The molecule has 0 bridgehead atoms. The summed E-state index contributed by atoms with van der Waals surface area (Å²) in [6, 6.07) is 70.4. The predicted molar refractivity (Wildman–Crippen MR) is 236 cm³/mol. The lowest BCUT2D eigenvalue weighted by molar-refractivity contribution is 0.669. The lowest BCUT2D eigenvalue weighted by atomic mass is 9.88. The number of fused-ring (bicyclic) bond motifs is 7. The number of para-hydroxylation sites is 2. The van der Waals surface area contributed by atoms with Crippen LogP contribution in [0.25, 0.3) is 77.4 Å². The minimum Gasteiger partial charge on any atom is -0.456 e. The molecule has 2 heteroatoms. The minimum absolute atomic E-state index is 0.875. The molecule has 264 valence electrons. The SMILES string of the molecule is C1=c2cccc(-c3ccccc3)c2=C(c2ccccc2N(c2cccc(-c3cccc4c3ccc3ccccc34)c2)c2cccc3oc4ccccc4c23)CC1. The fourth-order valence-electron chi connectivity index (χ4n) is 9.08. The van der Waals surface area contributed by atoms with Crippen molar-refractivity contribution in [2.24, 2.45) is 0 Å². The van der Waals surface area contributed by atoms with Crippen LogP contribution < -0.4 is 15.3 Å². The largest absolute Gasteiger partial charge is 0.456 e. The zero-order chi connectivity index (χ0) is 37.0. The summed E-state index contributed by atoms with van der Waals surface area (Å²) in [6.45, 7) is 0. The Labute approximate surface area is 325 Å². The van der Waals surface area contributed by atoms with Crippen LogP contribution >= 0.6 is 0 Å². The van der Waals surface area contributed by atoms with Crippen LogP contribution in [0.1, 0.15) is 18.4 Å². The lowest BCUT2D eigenvalue weighted by Crippen LogP contribution is -2.32. The van der Waals surface area contributed by atoms with Crippen LogP contribution in [0.5, 0.6) is 0 Å². The maximum Gasteiger partial charge on any atom is 0.137 e. The molecule has 11 rings (SSSR count). The van der Waals surface area contributed by atoms with E-state index in [-0.39, 0.29) is 0 Å². The average molecular weight is 716 g/mol. The molecule has 0 saturated heterocycles. The molecule has 0 spiro atoms. The van der Waals surface area contributed by atoms with Crippen molar-refractivity contribution in [1.82, 2.24) is 0 Å². The number of anilines is 3. The third-order valence-electron chi connectivity index (χ3n) is 11.5. The van der Waals surface area contributed by atoms with Crippen molar-refractivity contribution in [2.45, 2.75) is 12.8 Å². The van der Waals surface area contributed by atoms with Crippen LogP contribution in [-0.2, 0) is 0 Å². The van der Waals surface area contributed by atoms with E-state index in [0.717, 1.165) is 51.8 Å². The van der Waals surface area contributed by atoms with Crippen molar-refractivity contribution < 1.29 is 4.42 Å². The fraction of sp³-hybridized carbons (Fsp3) is 0.0370. The van der Waals surface area contributed by atoms with Gasteiger partial charge in [0.2, 0.25) is 0 Å². The van der Waals surface area contributed by atoms with Crippen molar-refractivity contribution in [3.63, 3.8) is 0 Å². The quantitative estimate of drug-likeness (QED) is 0.159. The first kappa shape index (κ1) is 32.3. The molecule has 0 saturated carbocycles. The second-order valence-electron chi connectivity index (χ2n) is 14.7. The van der Waals surface area contributed by atoms with Crippen LogP contribution in [0.2, 0.25) is 0 Å². The Morgan fingerprint density at radius 3 is 2.05 bits per heavy atom. The molecule has 1 aromatic heterocycles. The van der Waals surface area contributed by atoms with Crippen molar-refractivity contribution in [2.75, 3.05) is 4.90 Å². The Balaban J connectivity index is 1.19. The number of furan rings is 1. The van der Waals surface area contributed by atoms with Gasteiger partial charge in [-0.1, -0.05) is 164 Å². The van der Waals surface area contributed by atoms with Crippen molar-refractivity contribution in [3.8, 4) is 22.3 Å². The summed E-state index contributed by atoms with van der Waals surface area (Å²) in [5, 5.41) is 9.86. The molecule has 2 nitrogen and oxygen atoms in total. The molecule has 56 heavy (non-hydrogen) atoms. The van der Waals surface area contributed by atoms with Gasteiger partial charge in [0.25, 0.3) is 0 Å². The summed E-state index contributed by atoms with van der Waals surface area (Å²) in [5.74, 6) is 0. The highest BCUT2D eigenvalue weighted by atomic mass is 16.3. The first-order valence-corrected chi connectivity index (χ1v) is 19.5. The first-order valence-electron chi connectivity index (χ1n) is 19.5. The Hall–Kier alpha value is -7.16. The van der Waals surface area contributed by atoms with Crippen molar-refractivity contribution in [1.29, 1.82) is 0 Å². The van der Waals surface area contributed by atoms with Crippen LogP contribution in [0.15, 0.2) is 199 Å². The Morgan fingerprint density at radius 1 is 0.429 bits per heavy atom. The molecule has 0 fully saturated rings. The second-order valence-corrected chi connectivity index (χ2v) is 14.7. The van der Waals surface area contributed by atoms with E-state index < -0.39 is 0 Å². The van der Waals surface area contributed by atoms with Gasteiger partial charge in [0.15, 0.2) is 0 Å². The van der Waals surface area contributed by atoms with Crippen molar-refractivity contribution in [3.05, 3.63) is 210 Å². The first-order chi connectivity index (χ1) is 27.8. The molecule has 1 aliphatic carbocycles. The molecule has 0 atom stereocenters. The fourth-order valence-corrected chi connectivity index (χ4v) is 9.08. The van der Waals surface area contributed by atoms with Gasteiger partial charge in [0.1, 0.15) is 11.2 Å². The average Bonchev–Trinajstić information content (AvgIpc) is 3.66. The highest BCUT2D eigenvalue weighted by Gasteiger charge is 2.24. The molecule has 10 aromatic rings. The van der Waals surface area contributed by atoms with Gasteiger partial charge in [0.05, 0.1) is 16.8 Å². The molecule has 0 aliphatic heterocycles. The molecule has 0 radical (unpaired) electrons. The monoisotopic (exact) mass is 715 g/mol. The molecule has 1 aliphatic rings. The number of nitrogens with zero attached hydrogens (tertiary/aromatic N) is 1. The lowest BCUT2D eigenvalue weighted by Gasteiger charge is -2.30. The van der Waals surface area contributed by atoms with E-state index >= 15 is 0 Å². The van der Waals surface area contributed by atoms with E-state index in [2.05, 4.69) is 199 Å². The Morgan fingerprint density at radius 2 is 1.11 bits per heavy atom. The summed E-state index contributed by atoms with van der Waals surface area (Å²) in [6.07, 6.45) is 4.34. The van der Waals surface area contributed by atoms with Crippen LogP contribution in [0.3, 0.4) is 0 Å². The summed E-state index contributed by atoms with van der Waals surface area (Å²) < 4.78 is 6.51. The maximum atomic E-state index is 6.51. The number of hydrogen-bond donors (Lipinski definition) is 0. The summed E-state index contributed by atoms with van der Waals surface area (Å²) in [5.41, 5.74) is 12.6. The van der Waals surface area contributed by atoms with E-state index in [4.69, 9.17) is 4.42 Å². The van der Waals surface area contributed by atoms with E-state index in [9.17, 15) is 0 Å². The standard InChI is InChI=1S/C54H37NO/c1-2-15-36(16-3-1)43-26-11-18-38-19-12-28-47(53(38)43)46-23-6-8-29-49(46)55(50-30-14-32-52-54(50)48-24-7-9-31-51(48)56-52)40-21-10-20-39(35-40)42-25-13-27-44-41-22-5-4-17-37(41)33-34-45(42)44/h1-11,13-27,29-35H,12,28H2. The highest BCUT2D eigenvalue weighted by Crippen LogP contribution is 2.46. The molecule has 0 unspecified atom stereocenters. The highest BCUT2D eigenvalue weighted by molar-refractivity contribution is 6.14. The van der Waals surface area contributed by atoms with E-state index in [0.29, 0.717) is 0 Å². The Kier molecular flexibility index (Phi) is 7.67. The van der Waals surface area contributed by atoms with Crippen LogP contribution in [-0.4, -0.2) is 0 Å². The number of benzene rings is 9. The van der Waals surface area contributed by atoms with Gasteiger partial charge in [-0.2, -0.15) is 0 Å². The second kappa shape index (κ2) is 13.3. The summed E-state index contributed by atoms with van der Waals surface area (Å²) >= 11 is 0. The topological polar surface area (TPSA) is 16.4 Å².